The van der Waals surface area contributed by atoms with Gasteiger partial charge in [0.25, 0.3) is 5.12 Å². The second kappa shape index (κ2) is 4.60. The maximum atomic E-state index is 11.1. The highest BCUT2D eigenvalue weighted by Crippen LogP contribution is 2.18. The first kappa shape index (κ1) is 11.7. The van der Waals surface area contributed by atoms with E-state index >= 15 is 0 Å². The van der Waals surface area contributed by atoms with Crippen molar-refractivity contribution < 1.29 is 13.6 Å². The topological polar surface area (TPSA) is 94.0 Å². The molecule has 88 valence electrons. The van der Waals surface area contributed by atoms with Crippen LogP contribution in [0.15, 0.2) is 30.5 Å². The Morgan fingerprint density at radius 2 is 2.12 bits per heavy atom. The van der Waals surface area contributed by atoms with Crippen molar-refractivity contribution in [3.8, 4) is 0 Å². The van der Waals surface area contributed by atoms with Crippen LogP contribution in [0.1, 0.15) is 5.56 Å². The summed E-state index contributed by atoms with van der Waals surface area (Å²) < 4.78 is 19.2. The van der Waals surface area contributed by atoms with Gasteiger partial charge in [-0.2, -0.15) is 0 Å². The zero-order valence-corrected chi connectivity index (χ0v) is 9.58. The fourth-order valence-electron chi connectivity index (χ4n) is 1.65. The number of fused-ring (bicyclic) bond motifs is 1. The second-order valence-corrected chi connectivity index (χ2v) is 4.42. The Morgan fingerprint density at radius 3 is 2.82 bits per heavy atom. The van der Waals surface area contributed by atoms with Crippen LogP contribution in [0.5, 0.6) is 0 Å². The molecule has 1 aromatic carbocycles. The van der Waals surface area contributed by atoms with Gasteiger partial charge in [0, 0.05) is 23.5 Å². The van der Waals surface area contributed by atoms with E-state index in [1.165, 1.54) is 0 Å². The van der Waals surface area contributed by atoms with E-state index < -0.39 is 16.2 Å². The monoisotopic (exact) mass is 250 g/mol. The summed E-state index contributed by atoms with van der Waals surface area (Å²) in [6, 6.07) is 7.49. The summed E-state index contributed by atoms with van der Waals surface area (Å²) in [5.41, 5.74) is 1.31. The molecule has 5 nitrogen and oxygen atoms in total. The van der Waals surface area contributed by atoms with Crippen molar-refractivity contribution in [2.75, 3.05) is 0 Å². The molecule has 2 aromatic rings. The maximum Gasteiger partial charge on any atom is 0.290 e. The summed E-state index contributed by atoms with van der Waals surface area (Å²) in [5, 5.41) is 7.32. The first-order valence-corrected chi connectivity index (χ1v) is 5.98. The lowest BCUT2D eigenvalue weighted by molar-refractivity contribution is -0.106. The summed E-state index contributed by atoms with van der Waals surface area (Å²) in [7, 11) is 0. The molecule has 0 aliphatic carbocycles. The van der Waals surface area contributed by atoms with E-state index in [1.807, 2.05) is 24.3 Å². The number of carbonyl (C=O) groups is 1. The smallest absolute Gasteiger partial charge is 0.290 e. The summed E-state index contributed by atoms with van der Waals surface area (Å²) >= 11 is -2.61. The molecule has 0 amide bonds. The number of nitrogens with one attached hydrogen (secondary N) is 2. The minimum atomic E-state index is -2.61. The van der Waals surface area contributed by atoms with Gasteiger partial charge >= 0.3 is 0 Å². The molecule has 0 aliphatic heterocycles. The third kappa shape index (κ3) is 2.32. The molecule has 1 atom stereocenters. The normalized spacial score (nSPS) is 12.5. The van der Waals surface area contributed by atoms with Crippen molar-refractivity contribution in [1.29, 1.82) is 5.41 Å². The molecule has 1 aromatic heterocycles. The average molecular weight is 250 g/mol. The van der Waals surface area contributed by atoms with Gasteiger partial charge in [-0.15, -0.1) is 0 Å². The molecule has 2 rings (SSSR count). The molecule has 0 saturated heterocycles. The van der Waals surface area contributed by atoms with Crippen LogP contribution in [0.3, 0.4) is 0 Å². The number of carbonyl (C=O) groups excluding carboxylic acids is 1. The number of H-pyrrole nitrogens is 1. The van der Waals surface area contributed by atoms with E-state index in [0.29, 0.717) is 0 Å². The van der Waals surface area contributed by atoms with Gasteiger partial charge in [-0.3, -0.25) is 9.35 Å². The predicted octanol–water partition coefficient (Wildman–Crippen LogP) is 1.48. The number of aromatic amines is 1. The number of rotatable bonds is 3. The van der Waals surface area contributed by atoms with Crippen molar-refractivity contribution in [3.05, 3.63) is 36.0 Å². The quantitative estimate of drug-likeness (QED) is 0.569. The van der Waals surface area contributed by atoms with Gasteiger partial charge in [-0.05, 0) is 11.6 Å². The van der Waals surface area contributed by atoms with Crippen molar-refractivity contribution in [2.24, 2.45) is 0 Å². The highest BCUT2D eigenvalue weighted by Gasteiger charge is 2.17. The van der Waals surface area contributed by atoms with Crippen LogP contribution in [-0.2, 0) is 22.3 Å². The molecular weight excluding hydrogens is 240 g/mol. The first-order valence-electron chi connectivity index (χ1n) is 4.87. The minimum absolute atomic E-state index is 0.0507. The number of hydrogen-bond acceptors (Lipinski definition) is 3. The SMILES string of the molecule is N=C(Cc1c[nH]c2ccccc12)C(=O)S(=O)O. The molecule has 0 saturated carbocycles. The van der Waals surface area contributed by atoms with Gasteiger partial charge in [0.2, 0.25) is 11.1 Å². The van der Waals surface area contributed by atoms with Crippen LogP contribution < -0.4 is 0 Å². The van der Waals surface area contributed by atoms with Gasteiger partial charge in [-0.25, -0.2) is 4.21 Å². The Morgan fingerprint density at radius 1 is 1.41 bits per heavy atom. The van der Waals surface area contributed by atoms with E-state index in [0.717, 1.165) is 16.5 Å². The molecule has 6 heteroatoms. The number of para-hydroxylation sites is 1. The Hall–Kier alpha value is -1.79. The molecule has 0 radical (unpaired) electrons. The van der Waals surface area contributed by atoms with Crippen molar-refractivity contribution in [3.63, 3.8) is 0 Å². The molecular formula is C11H10N2O3S. The molecule has 17 heavy (non-hydrogen) atoms. The molecule has 0 bridgehead atoms. The number of aromatic nitrogens is 1. The fraction of sp³-hybridized carbons (Fsp3) is 0.0909. The Labute approximate surface area is 99.6 Å². The lowest BCUT2D eigenvalue weighted by atomic mass is 10.1. The third-order valence-electron chi connectivity index (χ3n) is 2.45. The highest BCUT2D eigenvalue weighted by molar-refractivity contribution is 7.97. The number of benzene rings is 1. The standard InChI is InChI=1S/C11H10N2O3S/c12-9(11(14)17(15)16)5-7-6-13-10-4-2-1-3-8(7)10/h1-4,6,12-13H,5H2,(H,15,16). The lowest BCUT2D eigenvalue weighted by Gasteiger charge is -1.99. The molecule has 0 spiro atoms. The highest BCUT2D eigenvalue weighted by atomic mass is 32.2. The molecule has 1 unspecified atom stereocenters. The van der Waals surface area contributed by atoms with Gasteiger partial charge in [0.1, 0.15) is 0 Å². The molecule has 0 aliphatic rings. The van der Waals surface area contributed by atoms with E-state index in [2.05, 4.69) is 4.98 Å². The van der Waals surface area contributed by atoms with Crippen molar-refractivity contribution in [1.82, 2.24) is 4.98 Å². The van der Waals surface area contributed by atoms with Crippen LogP contribution in [0, 0.1) is 5.41 Å². The Balaban J connectivity index is 2.28. The molecule has 3 N–H and O–H groups in total. The first-order chi connectivity index (χ1) is 8.09. The largest absolute Gasteiger partial charge is 0.361 e. The number of hydrogen-bond donors (Lipinski definition) is 3. The zero-order valence-electron chi connectivity index (χ0n) is 8.77. The summed E-state index contributed by atoms with van der Waals surface area (Å²) in [5.74, 6) is 0. The van der Waals surface area contributed by atoms with Crippen LogP contribution >= 0.6 is 0 Å². The van der Waals surface area contributed by atoms with Gasteiger partial charge in [0.15, 0.2) is 0 Å². The summed E-state index contributed by atoms with van der Waals surface area (Å²) in [6.45, 7) is 0. The summed E-state index contributed by atoms with van der Waals surface area (Å²) in [6.07, 6.45) is 1.75. The average Bonchev–Trinajstić information content (AvgIpc) is 2.71. The minimum Gasteiger partial charge on any atom is -0.361 e. The van der Waals surface area contributed by atoms with Gasteiger partial charge < -0.3 is 10.4 Å². The lowest BCUT2D eigenvalue weighted by Crippen LogP contribution is -2.19. The fourth-order valence-corrected chi connectivity index (χ4v) is 1.93. The molecule has 0 fully saturated rings. The second-order valence-electron chi connectivity index (χ2n) is 3.55. The van der Waals surface area contributed by atoms with E-state index in [4.69, 9.17) is 9.96 Å². The van der Waals surface area contributed by atoms with E-state index in [-0.39, 0.29) is 12.1 Å². The van der Waals surface area contributed by atoms with Crippen LogP contribution in [0.25, 0.3) is 10.9 Å². The van der Waals surface area contributed by atoms with Gasteiger partial charge in [-0.1, -0.05) is 18.2 Å². The third-order valence-corrected chi connectivity index (χ3v) is 3.01. The zero-order chi connectivity index (χ0) is 12.4. The summed E-state index contributed by atoms with van der Waals surface area (Å²) in [4.78, 5) is 14.1. The van der Waals surface area contributed by atoms with E-state index in [9.17, 15) is 9.00 Å². The van der Waals surface area contributed by atoms with Crippen LogP contribution in [0.2, 0.25) is 0 Å². The predicted molar refractivity (Wildman–Crippen MR) is 65.5 cm³/mol. The van der Waals surface area contributed by atoms with Crippen molar-refractivity contribution >= 4 is 32.8 Å². The van der Waals surface area contributed by atoms with Crippen LogP contribution in [0.4, 0.5) is 0 Å². The maximum absolute atomic E-state index is 11.1. The van der Waals surface area contributed by atoms with Crippen molar-refractivity contribution in [2.45, 2.75) is 6.42 Å². The van der Waals surface area contributed by atoms with Crippen LogP contribution in [-0.4, -0.2) is 24.6 Å². The Kier molecular flexibility index (Phi) is 3.16. The Bertz CT molecular complexity index is 618. The van der Waals surface area contributed by atoms with Gasteiger partial charge in [0.05, 0.1) is 5.71 Å². The van der Waals surface area contributed by atoms with E-state index in [1.54, 1.807) is 6.20 Å². The molecule has 1 heterocycles.